The molecule has 3 heterocycles. The molecule has 5 rings (SSSR count). The molecule has 0 saturated heterocycles. The third-order valence-corrected chi connectivity index (χ3v) is 13.4. The Labute approximate surface area is 317 Å². The molecular weight excluding hydrogens is 704 g/mol. The summed E-state index contributed by atoms with van der Waals surface area (Å²) in [6.07, 6.45) is 11.6. The van der Waals surface area contributed by atoms with Crippen molar-refractivity contribution in [2.45, 2.75) is 73.3 Å². The maximum absolute atomic E-state index is 14.4. The predicted molar refractivity (Wildman–Crippen MR) is 218 cm³/mol. The maximum Gasteiger partial charge on any atom is 0.521 e. The molecule has 11 heteroatoms. The Hall–Kier alpha value is -4.31. The molecule has 5 aromatic rings. The number of fused-ring (bicyclic) bond motifs is 3. The van der Waals surface area contributed by atoms with Gasteiger partial charge in [-0.15, -0.1) is 11.3 Å². The van der Waals surface area contributed by atoms with Crippen LogP contribution in [0.2, 0.25) is 0 Å². The molecule has 3 aromatic heterocycles. The highest BCUT2D eigenvalue weighted by Crippen LogP contribution is 2.38. The van der Waals surface area contributed by atoms with Gasteiger partial charge < -0.3 is 27.7 Å². The Balaban J connectivity index is 1.41. The van der Waals surface area contributed by atoms with Gasteiger partial charge in [0.15, 0.2) is 0 Å². The summed E-state index contributed by atoms with van der Waals surface area (Å²) >= 11 is 1.76. The standard InChI is InChI=1S/C42H51FN4O4SSi/c1-7-12-13-14-15-30-26-41(31-16-21-38-36(25-31)37-27-33(43)17-22-39(37)47(38)8-2)52-40(30)23-20-34-18-19-35(46(34)6)24-32(28-44)42(48)45-29-53(49-9-3,50-10-4)51-11-5/h16-27H,7-15,29H2,1-6H3,(H,45,48)/b23-20+,32-24+. The van der Waals surface area contributed by atoms with Gasteiger partial charge in [0.25, 0.3) is 5.91 Å². The number of nitriles is 1. The minimum Gasteiger partial charge on any atom is -0.373 e. The first-order chi connectivity index (χ1) is 25.7. The van der Waals surface area contributed by atoms with Crippen LogP contribution >= 0.6 is 11.3 Å². The first kappa shape index (κ1) is 39.9. The van der Waals surface area contributed by atoms with Crippen molar-refractivity contribution in [3.63, 3.8) is 0 Å². The van der Waals surface area contributed by atoms with E-state index >= 15 is 0 Å². The Morgan fingerprint density at radius 2 is 1.57 bits per heavy atom. The van der Waals surface area contributed by atoms with Crippen LogP contribution in [-0.4, -0.2) is 49.8 Å². The molecule has 0 saturated carbocycles. The van der Waals surface area contributed by atoms with Crippen LogP contribution < -0.4 is 5.32 Å². The zero-order valence-electron chi connectivity index (χ0n) is 31.8. The van der Waals surface area contributed by atoms with E-state index in [1.165, 1.54) is 40.6 Å². The lowest BCUT2D eigenvalue weighted by Crippen LogP contribution is -2.55. The van der Waals surface area contributed by atoms with Crippen molar-refractivity contribution in [2.75, 3.05) is 26.0 Å². The van der Waals surface area contributed by atoms with Crippen molar-refractivity contribution < 1.29 is 22.5 Å². The summed E-state index contributed by atoms with van der Waals surface area (Å²) in [6, 6.07) is 19.8. The van der Waals surface area contributed by atoms with E-state index in [0.29, 0.717) is 19.8 Å². The number of nitrogens with zero attached hydrogens (tertiary/aromatic N) is 3. The fourth-order valence-electron chi connectivity index (χ4n) is 6.77. The lowest BCUT2D eigenvalue weighted by molar-refractivity contribution is -0.117. The summed E-state index contributed by atoms with van der Waals surface area (Å²) < 4.78 is 36.1. The Kier molecular flexibility index (Phi) is 14.0. The zero-order valence-corrected chi connectivity index (χ0v) is 33.6. The van der Waals surface area contributed by atoms with Crippen molar-refractivity contribution in [3.8, 4) is 16.5 Å². The van der Waals surface area contributed by atoms with Crippen LogP contribution in [0, 0.1) is 17.1 Å². The monoisotopic (exact) mass is 754 g/mol. The highest BCUT2D eigenvalue weighted by molar-refractivity contribution is 7.16. The Bertz CT molecular complexity index is 2120. The number of aromatic nitrogens is 2. The molecule has 1 N–H and O–H groups in total. The van der Waals surface area contributed by atoms with E-state index < -0.39 is 14.7 Å². The smallest absolute Gasteiger partial charge is 0.373 e. The van der Waals surface area contributed by atoms with Gasteiger partial charge in [-0.25, -0.2) is 4.39 Å². The Morgan fingerprint density at radius 3 is 2.23 bits per heavy atom. The lowest BCUT2D eigenvalue weighted by Gasteiger charge is -2.28. The van der Waals surface area contributed by atoms with E-state index in [2.05, 4.69) is 66.2 Å². The first-order valence-electron chi connectivity index (χ1n) is 18.7. The van der Waals surface area contributed by atoms with Gasteiger partial charge in [0.1, 0.15) is 17.5 Å². The third-order valence-electron chi connectivity index (χ3n) is 9.39. The van der Waals surface area contributed by atoms with Crippen LogP contribution in [0.5, 0.6) is 0 Å². The number of thiophene rings is 1. The quantitative estimate of drug-likeness (QED) is 0.0393. The summed E-state index contributed by atoms with van der Waals surface area (Å²) in [5, 5.41) is 14.7. The largest absolute Gasteiger partial charge is 0.521 e. The molecule has 0 fully saturated rings. The lowest BCUT2D eigenvalue weighted by atomic mass is 10.0. The van der Waals surface area contributed by atoms with Gasteiger partial charge >= 0.3 is 8.80 Å². The van der Waals surface area contributed by atoms with E-state index in [9.17, 15) is 14.4 Å². The summed E-state index contributed by atoms with van der Waals surface area (Å²) in [6.45, 7) is 11.9. The molecule has 2 aromatic carbocycles. The summed E-state index contributed by atoms with van der Waals surface area (Å²) in [5.41, 5.74) is 6.22. The van der Waals surface area contributed by atoms with Gasteiger partial charge in [-0.1, -0.05) is 32.3 Å². The van der Waals surface area contributed by atoms with Crippen molar-refractivity contribution >= 4 is 66.1 Å². The number of hydrogen-bond donors (Lipinski definition) is 1. The summed E-state index contributed by atoms with van der Waals surface area (Å²) in [7, 11) is -1.20. The van der Waals surface area contributed by atoms with Gasteiger partial charge in [0.2, 0.25) is 0 Å². The number of carbonyl (C=O) groups excluding carboxylic acids is 1. The number of hydrogen-bond acceptors (Lipinski definition) is 6. The van der Waals surface area contributed by atoms with Gasteiger partial charge in [-0.05, 0) is 118 Å². The first-order valence-corrected chi connectivity index (χ1v) is 21.5. The number of nitrogens with one attached hydrogen (secondary N) is 1. The zero-order chi connectivity index (χ0) is 38.0. The second-order valence-electron chi connectivity index (χ2n) is 12.9. The van der Waals surface area contributed by atoms with Crippen LogP contribution in [0.4, 0.5) is 4.39 Å². The highest BCUT2D eigenvalue weighted by atomic mass is 32.1. The fourth-order valence-corrected chi connectivity index (χ4v) is 10.1. The van der Waals surface area contributed by atoms with Crippen LogP contribution in [-0.2, 0) is 38.1 Å². The van der Waals surface area contributed by atoms with Gasteiger partial charge in [0.05, 0.1) is 6.17 Å². The molecule has 1 amide bonds. The number of unbranched alkanes of at least 4 members (excludes halogenated alkanes) is 3. The molecule has 53 heavy (non-hydrogen) atoms. The van der Waals surface area contributed by atoms with Crippen LogP contribution in [0.15, 0.2) is 60.2 Å². The SMILES string of the molecule is CCCCCCc1cc(-c2ccc3c(c2)c2cc(F)ccc2n3CC)sc1/C=C/c1ccc(/C=C(\C#N)C(=O)NC[Si](OCC)(OCC)OCC)n1C. The van der Waals surface area contributed by atoms with Crippen molar-refractivity contribution in [2.24, 2.45) is 7.05 Å². The number of rotatable bonds is 19. The van der Waals surface area contributed by atoms with Crippen LogP contribution in [0.25, 0.3) is 50.5 Å². The molecule has 0 atom stereocenters. The second kappa shape index (κ2) is 18.6. The van der Waals surface area contributed by atoms with E-state index in [4.69, 9.17) is 13.3 Å². The van der Waals surface area contributed by atoms with Crippen molar-refractivity contribution in [3.05, 3.63) is 87.8 Å². The Morgan fingerprint density at radius 1 is 0.887 bits per heavy atom. The topological polar surface area (TPSA) is 90.4 Å². The van der Waals surface area contributed by atoms with E-state index in [1.54, 1.807) is 23.5 Å². The fraction of sp³-hybridized carbons (Fsp3) is 0.381. The highest BCUT2D eigenvalue weighted by Gasteiger charge is 2.41. The average molecular weight is 755 g/mol. The molecule has 0 aliphatic heterocycles. The van der Waals surface area contributed by atoms with Gasteiger partial charge in [-0.2, -0.15) is 5.26 Å². The molecule has 0 spiro atoms. The molecule has 280 valence electrons. The molecule has 8 nitrogen and oxygen atoms in total. The second-order valence-corrected chi connectivity index (χ2v) is 16.5. The van der Waals surface area contributed by atoms with E-state index in [1.807, 2.05) is 50.6 Å². The van der Waals surface area contributed by atoms with Crippen LogP contribution in [0.1, 0.15) is 82.1 Å². The predicted octanol–water partition coefficient (Wildman–Crippen LogP) is 9.92. The molecular formula is C42H51FN4O4SSi. The van der Waals surface area contributed by atoms with Crippen molar-refractivity contribution in [1.82, 2.24) is 14.5 Å². The van der Waals surface area contributed by atoms with Gasteiger partial charge in [0, 0.05) is 76.4 Å². The molecule has 0 aliphatic carbocycles. The normalized spacial score (nSPS) is 12.4. The molecule has 0 unspecified atom stereocenters. The number of benzene rings is 2. The number of halogens is 1. The molecule has 0 aliphatic rings. The van der Waals surface area contributed by atoms with E-state index in [0.717, 1.165) is 58.1 Å². The molecule has 0 bridgehead atoms. The third kappa shape index (κ3) is 9.26. The number of carbonyl (C=O) groups is 1. The minimum atomic E-state index is -3.12. The minimum absolute atomic E-state index is 0.0202. The number of amides is 1. The maximum atomic E-state index is 14.4. The number of aryl methyl sites for hydroxylation is 2. The van der Waals surface area contributed by atoms with E-state index in [-0.39, 0.29) is 17.6 Å². The van der Waals surface area contributed by atoms with Crippen molar-refractivity contribution in [1.29, 1.82) is 5.26 Å². The van der Waals surface area contributed by atoms with Crippen LogP contribution in [0.3, 0.4) is 0 Å². The summed E-state index contributed by atoms with van der Waals surface area (Å²) in [4.78, 5) is 15.5. The summed E-state index contributed by atoms with van der Waals surface area (Å²) in [5.74, 6) is -0.740. The molecule has 0 radical (unpaired) electrons. The van der Waals surface area contributed by atoms with Gasteiger partial charge in [-0.3, -0.25) is 4.79 Å². The average Bonchev–Trinajstić information content (AvgIpc) is 3.82.